The molecule has 1 saturated carbocycles. The van der Waals surface area contributed by atoms with Gasteiger partial charge < -0.3 is 10.2 Å². The Morgan fingerprint density at radius 2 is 1.65 bits per heavy atom. The van der Waals surface area contributed by atoms with Crippen LogP contribution in [0, 0.1) is 11.6 Å². The largest absolute Gasteiger partial charge is 0.326 e. The fourth-order valence-corrected chi connectivity index (χ4v) is 2.82. The second-order valence-electron chi connectivity index (χ2n) is 6.36. The molecule has 2 aromatic rings. The van der Waals surface area contributed by atoms with Crippen LogP contribution in [-0.2, 0) is 11.3 Å². The Hall–Kier alpha value is -2.80. The maximum Gasteiger partial charge on any atom is 0.326 e. The number of halogens is 2. The molecule has 0 spiro atoms. The van der Waals surface area contributed by atoms with Crippen LogP contribution in [0.15, 0.2) is 48.5 Å². The number of anilines is 1. The lowest BCUT2D eigenvalue weighted by Gasteiger charge is -2.19. The highest BCUT2D eigenvalue weighted by atomic mass is 19.1. The van der Waals surface area contributed by atoms with E-state index in [-0.39, 0.29) is 24.1 Å². The second-order valence-corrected chi connectivity index (χ2v) is 6.36. The average molecular weight is 360 g/mol. The highest BCUT2D eigenvalue weighted by molar-refractivity contribution is 6.01. The molecule has 3 rings (SSSR count). The number of imide groups is 1. The molecule has 3 amide bonds. The number of carbonyl (C=O) groups is 2. The van der Waals surface area contributed by atoms with Crippen LogP contribution in [-0.4, -0.2) is 24.5 Å². The van der Waals surface area contributed by atoms with E-state index in [9.17, 15) is 18.4 Å². The molecule has 0 aliphatic heterocycles. The fraction of sp³-hybridized carbons (Fsp3) is 0.263. The number of hydrogen-bond donors (Lipinski definition) is 3. The van der Waals surface area contributed by atoms with Crippen molar-refractivity contribution < 1.29 is 23.3 Å². The Balaban J connectivity index is 1.56. The SMILES string of the molecule is O=C(C[NH+](Cc1ccccc1F)C1CC1)NC(=O)Nc1ccccc1F. The molecular formula is C19H20F2N3O2+. The number of nitrogens with one attached hydrogen (secondary N) is 3. The predicted octanol–water partition coefficient (Wildman–Crippen LogP) is 1.86. The summed E-state index contributed by atoms with van der Waals surface area (Å²) in [5.41, 5.74) is 0.536. The number of para-hydroxylation sites is 1. The predicted molar refractivity (Wildman–Crippen MR) is 92.5 cm³/mol. The molecule has 26 heavy (non-hydrogen) atoms. The first-order valence-electron chi connectivity index (χ1n) is 8.46. The molecule has 2 aromatic carbocycles. The van der Waals surface area contributed by atoms with Crippen LogP contribution in [0.3, 0.4) is 0 Å². The van der Waals surface area contributed by atoms with Gasteiger partial charge in [-0.25, -0.2) is 13.6 Å². The van der Waals surface area contributed by atoms with Crippen molar-refractivity contribution in [3.63, 3.8) is 0 Å². The number of hydrogen-bond acceptors (Lipinski definition) is 2. The van der Waals surface area contributed by atoms with Gasteiger partial charge in [-0.15, -0.1) is 0 Å². The van der Waals surface area contributed by atoms with Crippen molar-refractivity contribution in [3.8, 4) is 0 Å². The minimum atomic E-state index is -0.791. The van der Waals surface area contributed by atoms with Crippen molar-refractivity contribution in [2.75, 3.05) is 11.9 Å². The van der Waals surface area contributed by atoms with Crippen LogP contribution in [0.2, 0.25) is 0 Å². The Labute approximate surface area is 150 Å². The number of rotatable bonds is 6. The highest BCUT2D eigenvalue weighted by Gasteiger charge is 2.35. The fourth-order valence-electron chi connectivity index (χ4n) is 2.82. The minimum absolute atomic E-state index is 0.00412. The first kappa shape index (κ1) is 18.0. The van der Waals surface area contributed by atoms with Crippen LogP contribution in [0.25, 0.3) is 0 Å². The topological polar surface area (TPSA) is 62.6 Å². The number of quaternary nitrogens is 1. The average Bonchev–Trinajstić information content (AvgIpc) is 3.43. The van der Waals surface area contributed by atoms with E-state index < -0.39 is 17.8 Å². The number of benzene rings is 2. The molecule has 0 aromatic heterocycles. The first-order valence-corrected chi connectivity index (χ1v) is 8.46. The smallest absolute Gasteiger partial charge is 0.321 e. The molecule has 1 atom stereocenters. The lowest BCUT2D eigenvalue weighted by Crippen LogP contribution is -3.13. The van der Waals surface area contributed by atoms with E-state index in [1.54, 1.807) is 24.3 Å². The van der Waals surface area contributed by atoms with E-state index in [1.807, 2.05) is 0 Å². The first-order chi connectivity index (χ1) is 12.5. The van der Waals surface area contributed by atoms with Gasteiger partial charge >= 0.3 is 6.03 Å². The summed E-state index contributed by atoms with van der Waals surface area (Å²) in [6.45, 7) is 0.420. The van der Waals surface area contributed by atoms with Crippen LogP contribution in [0.5, 0.6) is 0 Å². The van der Waals surface area contributed by atoms with E-state index in [2.05, 4.69) is 10.6 Å². The number of amides is 3. The monoisotopic (exact) mass is 360 g/mol. The van der Waals surface area contributed by atoms with Crippen molar-refractivity contribution >= 4 is 17.6 Å². The van der Waals surface area contributed by atoms with Crippen molar-refractivity contribution in [2.45, 2.75) is 25.4 Å². The summed E-state index contributed by atoms with van der Waals surface area (Å²) in [5.74, 6) is -1.37. The van der Waals surface area contributed by atoms with Crippen LogP contribution < -0.4 is 15.5 Å². The zero-order chi connectivity index (χ0) is 18.5. The molecule has 7 heteroatoms. The van der Waals surface area contributed by atoms with Crippen LogP contribution in [0.1, 0.15) is 18.4 Å². The third-order valence-corrected chi connectivity index (χ3v) is 4.29. The number of urea groups is 1. The molecular weight excluding hydrogens is 340 g/mol. The van der Waals surface area contributed by atoms with Gasteiger partial charge in [-0.3, -0.25) is 10.1 Å². The van der Waals surface area contributed by atoms with Gasteiger partial charge in [-0.2, -0.15) is 0 Å². The highest BCUT2D eigenvalue weighted by Crippen LogP contribution is 2.16. The lowest BCUT2D eigenvalue weighted by molar-refractivity contribution is -0.917. The van der Waals surface area contributed by atoms with Crippen molar-refractivity contribution in [1.82, 2.24) is 5.32 Å². The number of carbonyl (C=O) groups excluding carboxylic acids is 2. The molecule has 0 saturated heterocycles. The van der Waals surface area contributed by atoms with Gasteiger partial charge in [-0.1, -0.05) is 30.3 Å². The molecule has 0 bridgehead atoms. The summed E-state index contributed by atoms with van der Waals surface area (Å²) in [6, 6.07) is 11.7. The van der Waals surface area contributed by atoms with Gasteiger partial charge in [0.25, 0.3) is 5.91 Å². The summed E-state index contributed by atoms with van der Waals surface area (Å²) < 4.78 is 27.4. The van der Waals surface area contributed by atoms with E-state index in [0.29, 0.717) is 12.1 Å². The molecule has 5 nitrogen and oxygen atoms in total. The zero-order valence-electron chi connectivity index (χ0n) is 14.1. The van der Waals surface area contributed by atoms with Gasteiger partial charge in [0.1, 0.15) is 18.2 Å². The lowest BCUT2D eigenvalue weighted by atomic mass is 10.2. The van der Waals surface area contributed by atoms with E-state index in [4.69, 9.17) is 0 Å². The molecule has 136 valence electrons. The molecule has 1 fully saturated rings. The van der Waals surface area contributed by atoms with Crippen molar-refractivity contribution in [2.24, 2.45) is 0 Å². The minimum Gasteiger partial charge on any atom is -0.321 e. The van der Waals surface area contributed by atoms with E-state index >= 15 is 0 Å². The Kier molecular flexibility index (Phi) is 5.58. The van der Waals surface area contributed by atoms with E-state index in [0.717, 1.165) is 17.7 Å². The molecule has 1 aliphatic rings. The third-order valence-electron chi connectivity index (χ3n) is 4.29. The summed E-state index contributed by atoms with van der Waals surface area (Å²) in [7, 11) is 0. The normalized spacial score (nSPS) is 14.5. The maximum absolute atomic E-state index is 13.8. The maximum atomic E-state index is 13.8. The summed E-state index contributed by atoms with van der Waals surface area (Å²) >= 11 is 0. The summed E-state index contributed by atoms with van der Waals surface area (Å²) in [4.78, 5) is 25.0. The van der Waals surface area contributed by atoms with Gasteiger partial charge in [0, 0.05) is 18.4 Å². The van der Waals surface area contributed by atoms with Crippen LogP contribution >= 0.6 is 0 Å². The van der Waals surface area contributed by atoms with Gasteiger partial charge in [-0.05, 0) is 18.2 Å². The second kappa shape index (κ2) is 8.05. The molecule has 0 heterocycles. The Morgan fingerprint density at radius 3 is 2.31 bits per heavy atom. The standard InChI is InChI=1S/C19H19F2N3O2/c20-15-6-2-1-5-13(15)11-24(14-9-10-14)12-18(25)23-19(26)22-17-8-4-3-7-16(17)21/h1-8,14H,9-12H2,(H2,22,23,25,26)/p+1. The molecule has 1 unspecified atom stereocenters. The third kappa shape index (κ3) is 4.86. The zero-order valence-corrected chi connectivity index (χ0v) is 14.1. The Bertz CT molecular complexity index is 809. The van der Waals surface area contributed by atoms with Gasteiger partial charge in [0.2, 0.25) is 0 Å². The van der Waals surface area contributed by atoms with Crippen LogP contribution in [0.4, 0.5) is 19.3 Å². The van der Waals surface area contributed by atoms with Gasteiger partial charge in [0.15, 0.2) is 6.54 Å². The quantitative estimate of drug-likeness (QED) is 0.736. The summed E-state index contributed by atoms with van der Waals surface area (Å²) in [5, 5.41) is 4.50. The van der Waals surface area contributed by atoms with Gasteiger partial charge in [0.05, 0.1) is 11.7 Å². The molecule has 0 radical (unpaired) electrons. The molecule has 1 aliphatic carbocycles. The van der Waals surface area contributed by atoms with Crippen molar-refractivity contribution in [1.29, 1.82) is 0 Å². The molecule has 3 N–H and O–H groups in total. The Morgan fingerprint density at radius 1 is 1.00 bits per heavy atom. The summed E-state index contributed by atoms with van der Waals surface area (Å²) in [6.07, 6.45) is 1.94. The van der Waals surface area contributed by atoms with Crippen molar-refractivity contribution in [3.05, 3.63) is 65.7 Å². The van der Waals surface area contributed by atoms with E-state index in [1.165, 1.54) is 24.3 Å².